The Bertz CT molecular complexity index is 182. The first kappa shape index (κ1) is 9.76. The van der Waals surface area contributed by atoms with E-state index in [0.29, 0.717) is 10.8 Å². The summed E-state index contributed by atoms with van der Waals surface area (Å²) in [5, 5.41) is 0. The molecule has 68 valence electrons. The van der Waals surface area contributed by atoms with E-state index in [9.17, 15) is 9.59 Å². The lowest BCUT2D eigenvalue weighted by molar-refractivity contribution is -0.192. The molecule has 0 saturated carbocycles. The van der Waals surface area contributed by atoms with E-state index in [1.807, 2.05) is 22.6 Å². The number of carbonyl (C=O) groups excluding carboxylic acids is 2. The molecule has 1 heterocycles. The summed E-state index contributed by atoms with van der Waals surface area (Å²) in [4.78, 5) is 22.1. The number of hydrogen-bond donors (Lipinski definition) is 0. The molecule has 0 radical (unpaired) electrons. The Morgan fingerprint density at radius 1 is 1.25 bits per heavy atom. The Morgan fingerprint density at radius 3 is 2.25 bits per heavy atom. The van der Waals surface area contributed by atoms with Crippen LogP contribution >= 0.6 is 22.6 Å². The van der Waals surface area contributed by atoms with Crippen molar-refractivity contribution >= 4 is 34.5 Å². The molecule has 2 atom stereocenters. The van der Waals surface area contributed by atoms with Gasteiger partial charge in [0.25, 0.3) is 0 Å². The summed E-state index contributed by atoms with van der Waals surface area (Å²) in [5.74, 6) is -0.866. The summed E-state index contributed by atoms with van der Waals surface area (Å²) < 4.78 is 10.1. The highest BCUT2D eigenvalue weighted by atomic mass is 127. The van der Waals surface area contributed by atoms with Crippen molar-refractivity contribution in [2.75, 3.05) is 4.43 Å². The molecule has 4 nitrogen and oxygen atoms in total. The van der Waals surface area contributed by atoms with Gasteiger partial charge in [-0.05, 0) is 6.42 Å². The minimum absolute atomic E-state index is 0.432. The van der Waals surface area contributed by atoms with Crippen LogP contribution in [0.5, 0.6) is 0 Å². The molecular formula is C7H9IO4. The van der Waals surface area contributed by atoms with Crippen molar-refractivity contribution in [2.45, 2.75) is 25.6 Å². The summed E-state index contributed by atoms with van der Waals surface area (Å²) in [6, 6.07) is 0. The highest BCUT2D eigenvalue weighted by molar-refractivity contribution is 14.1. The second kappa shape index (κ2) is 4.06. The predicted octanol–water partition coefficient (Wildman–Crippen LogP) is 0.669. The highest BCUT2D eigenvalue weighted by Gasteiger charge is 2.36. The quantitative estimate of drug-likeness (QED) is 0.425. The van der Waals surface area contributed by atoms with Crippen molar-refractivity contribution in [3.8, 4) is 0 Å². The van der Waals surface area contributed by atoms with Crippen molar-refractivity contribution < 1.29 is 19.1 Å². The van der Waals surface area contributed by atoms with Crippen LogP contribution in [0.15, 0.2) is 0 Å². The van der Waals surface area contributed by atoms with Gasteiger partial charge in [-0.2, -0.15) is 0 Å². The van der Waals surface area contributed by atoms with E-state index in [2.05, 4.69) is 0 Å². The maximum absolute atomic E-state index is 11.0. The first-order chi connectivity index (χ1) is 5.69. The van der Waals surface area contributed by atoms with E-state index in [0.717, 1.165) is 0 Å². The minimum atomic E-state index is -0.708. The smallest absolute Gasteiger partial charge is 0.349 e. The van der Waals surface area contributed by atoms with Crippen LogP contribution in [0.25, 0.3) is 0 Å². The molecule has 5 heteroatoms. The Kier molecular flexibility index (Phi) is 3.30. The fourth-order valence-electron chi connectivity index (χ4n) is 0.873. The molecule has 1 aliphatic heterocycles. The Hall–Kier alpha value is -0.330. The number of alkyl halides is 1. The number of cyclic esters (lactones) is 2. The Labute approximate surface area is 83.7 Å². The van der Waals surface area contributed by atoms with E-state index < -0.39 is 24.1 Å². The van der Waals surface area contributed by atoms with Crippen LogP contribution < -0.4 is 0 Å². The van der Waals surface area contributed by atoms with E-state index in [1.54, 1.807) is 6.92 Å². The van der Waals surface area contributed by atoms with Crippen molar-refractivity contribution in [3.63, 3.8) is 0 Å². The van der Waals surface area contributed by atoms with E-state index in [4.69, 9.17) is 9.47 Å². The van der Waals surface area contributed by atoms with Crippen LogP contribution in [-0.4, -0.2) is 28.6 Å². The van der Waals surface area contributed by atoms with E-state index >= 15 is 0 Å². The van der Waals surface area contributed by atoms with E-state index in [1.165, 1.54) is 0 Å². The largest absolute Gasteiger partial charge is 0.448 e. The molecule has 0 bridgehead atoms. The van der Waals surface area contributed by atoms with Gasteiger partial charge in [-0.3, -0.25) is 0 Å². The molecule has 0 aromatic carbocycles. The van der Waals surface area contributed by atoms with Gasteiger partial charge in [0.05, 0.1) is 0 Å². The van der Waals surface area contributed by atoms with Gasteiger partial charge in [0.1, 0.15) is 0 Å². The molecule has 12 heavy (non-hydrogen) atoms. The molecule has 1 saturated heterocycles. The molecule has 0 aromatic rings. The van der Waals surface area contributed by atoms with Crippen molar-refractivity contribution in [3.05, 3.63) is 0 Å². The number of esters is 2. The molecule has 0 aromatic heterocycles. The number of rotatable bonds is 2. The fourth-order valence-corrected chi connectivity index (χ4v) is 1.41. The molecule has 0 N–H and O–H groups in total. The van der Waals surface area contributed by atoms with Crippen LogP contribution in [0.3, 0.4) is 0 Å². The highest BCUT2D eigenvalue weighted by Crippen LogP contribution is 2.14. The zero-order valence-corrected chi connectivity index (χ0v) is 8.74. The zero-order valence-electron chi connectivity index (χ0n) is 6.58. The number of ether oxygens (including phenoxy) is 2. The molecule has 1 fully saturated rings. The lowest BCUT2D eigenvalue weighted by Gasteiger charge is -2.25. The third-order valence-corrected chi connectivity index (χ3v) is 2.35. The average Bonchev–Trinajstić information content (AvgIpc) is 2.08. The minimum Gasteiger partial charge on any atom is -0.448 e. The second-order valence-corrected chi connectivity index (χ2v) is 3.29. The van der Waals surface area contributed by atoms with Crippen LogP contribution in [0.1, 0.15) is 13.3 Å². The average molecular weight is 284 g/mol. The van der Waals surface area contributed by atoms with Gasteiger partial charge in [-0.15, -0.1) is 0 Å². The Morgan fingerprint density at radius 2 is 1.75 bits per heavy atom. The van der Waals surface area contributed by atoms with Gasteiger partial charge in [-0.1, -0.05) is 29.5 Å². The maximum atomic E-state index is 11.0. The zero-order chi connectivity index (χ0) is 9.14. The van der Waals surface area contributed by atoms with Crippen LogP contribution in [0.2, 0.25) is 0 Å². The van der Waals surface area contributed by atoms with Gasteiger partial charge in [-0.25, -0.2) is 9.59 Å². The third-order valence-electron chi connectivity index (χ3n) is 1.55. The van der Waals surface area contributed by atoms with Crippen LogP contribution in [0.4, 0.5) is 0 Å². The first-order valence-electron chi connectivity index (χ1n) is 3.66. The number of halogens is 1. The fraction of sp³-hybridized carbons (Fsp3) is 0.714. The van der Waals surface area contributed by atoms with Gasteiger partial charge < -0.3 is 9.47 Å². The molecule has 1 aliphatic rings. The molecule has 1 rings (SSSR count). The van der Waals surface area contributed by atoms with Crippen molar-refractivity contribution in [2.24, 2.45) is 0 Å². The van der Waals surface area contributed by atoms with Crippen molar-refractivity contribution in [1.29, 1.82) is 0 Å². The van der Waals surface area contributed by atoms with Gasteiger partial charge in [0.2, 0.25) is 6.10 Å². The molecule has 0 aliphatic carbocycles. The molecule has 0 amide bonds. The summed E-state index contributed by atoms with van der Waals surface area (Å²) in [7, 11) is 0. The number of hydrogen-bond acceptors (Lipinski definition) is 4. The topological polar surface area (TPSA) is 52.6 Å². The molecular weight excluding hydrogens is 275 g/mol. The number of carbonyl (C=O) groups is 2. The lowest BCUT2D eigenvalue weighted by atomic mass is 10.2. The molecule has 0 spiro atoms. The van der Waals surface area contributed by atoms with Gasteiger partial charge in [0, 0.05) is 4.43 Å². The third kappa shape index (κ3) is 1.88. The van der Waals surface area contributed by atoms with Gasteiger partial charge in [0.15, 0.2) is 6.10 Å². The normalized spacial score (nSPS) is 29.5. The predicted molar refractivity (Wildman–Crippen MR) is 48.9 cm³/mol. The summed E-state index contributed by atoms with van der Waals surface area (Å²) in [6.45, 7) is 1.77. The van der Waals surface area contributed by atoms with Crippen LogP contribution in [-0.2, 0) is 19.1 Å². The maximum Gasteiger partial charge on any atom is 0.349 e. The summed E-state index contributed by atoms with van der Waals surface area (Å²) in [5.41, 5.74) is 0. The SMILES string of the molecule is CCC1OC(=O)C(CI)OC1=O. The first-order valence-corrected chi connectivity index (χ1v) is 5.18. The second-order valence-electron chi connectivity index (χ2n) is 2.41. The standard InChI is InChI=1S/C7H9IO4/c1-2-4-6(9)12-5(3-8)7(10)11-4/h4-5H,2-3H2,1H3. The van der Waals surface area contributed by atoms with Crippen LogP contribution in [0, 0.1) is 0 Å². The Balaban J connectivity index is 2.61. The van der Waals surface area contributed by atoms with E-state index in [-0.39, 0.29) is 0 Å². The van der Waals surface area contributed by atoms with Crippen molar-refractivity contribution in [1.82, 2.24) is 0 Å². The summed E-state index contributed by atoms with van der Waals surface area (Å²) in [6.07, 6.45) is -0.934. The summed E-state index contributed by atoms with van der Waals surface area (Å²) >= 11 is 1.97. The monoisotopic (exact) mass is 284 g/mol. The van der Waals surface area contributed by atoms with Gasteiger partial charge >= 0.3 is 11.9 Å². The molecule has 2 unspecified atom stereocenters. The lowest BCUT2D eigenvalue weighted by Crippen LogP contribution is -2.44.